The molecule has 2 N–H and O–H groups in total. The Morgan fingerprint density at radius 3 is 2.89 bits per heavy atom. The van der Waals surface area contributed by atoms with Crippen molar-refractivity contribution in [2.24, 2.45) is 0 Å². The van der Waals surface area contributed by atoms with Crippen molar-refractivity contribution < 1.29 is 4.79 Å². The van der Waals surface area contributed by atoms with Gasteiger partial charge >= 0.3 is 0 Å². The fraction of sp³-hybridized carbons (Fsp3) is 0.562. The molecule has 1 aliphatic carbocycles. The van der Waals surface area contributed by atoms with Crippen molar-refractivity contribution in [1.82, 2.24) is 5.32 Å². The van der Waals surface area contributed by atoms with Crippen LogP contribution in [0.4, 0.5) is 5.69 Å². The highest BCUT2D eigenvalue weighted by Gasteiger charge is 2.15. The van der Waals surface area contributed by atoms with Crippen LogP contribution in [0, 0.1) is 0 Å². The molecule has 1 aromatic carbocycles. The van der Waals surface area contributed by atoms with Crippen molar-refractivity contribution in [2.45, 2.75) is 52.0 Å². The maximum Gasteiger partial charge on any atom is 0.225 e. The van der Waals surface area contributed by atoms with E-state index in [-0.39, 0.29) is 11.9 Å². The Kier molecular flexibility index (Phi) is 4.97. The molecule has 104 valence electrons. The quantitative estimate of drug-likeness (QED) is 0.854. The van der Waals surface area contributed by atoms with Gasteiger partial charge in [0.05, 0.1) is 0 Å². The molecule has 0 heterocycles. The third kappa shape index (κ3) is 3.80. The van der Waals surface area contributed by atoms with Crippen LogP contribution in [0.3, 0.4) is 0 Å². The van der Waals surface area contributed by atoms with Gasteiger partial charge in [0.25, 0.3) is 0 Å². The lowest BCUT2D eigenvalue weighted by Crippen LogP contribution is -2.30. The lowest BCUT2D eigenvalue weighted by molar-refractivity contribution is -0.116. The van der Waals surface area contributed by atoms with Crippen molar-refractivity contribution in [1.29, 1.82) is 0 Å². The highest BCUT2D eigenvalue weighted by molar-refractivity contribution is 5.92. The van der Waals surface area contributed by atoms with Gasteiger partial charge in [-0.1, -0.05) is 19.1 Å². The monoisotopic (exact) mass is 260 g/mol. The zero-order valence-corrected chi connectivity index (χ0v) is 12.0. The molecule has 0 radical (unpaired) electrons. The molecule has 0 saturated heterocycles. The number of benzene rings is 1. The topological polar surface area (TPSA) is 41.1 Å². The molecule has 1 amide bonds. The SMILES string of the molecule is CCNC(C)CC(=O)Nc1cccc2c1CCCC2. The first-order valence-electron chi connectivity index (χ1n) is 7.34. The standard InChI is InChI=1S/C16H24N2O/c1-3-17-12(2)11-16(19)18-15-10-6-8-13-7-4-5-9-14(13)15/h6,8,10,12,17H,3-5,7,9,11H2,1-2H3,(H,18,19). The Hall–Kier alpha value is -1.35. The lowest BCUT2D eigenvalue weighted by atomic mass is 9.90. The van der Waals surface area contributed by atoms with Crippen LogP contribution in [0.5, 0.6) is 0 Å². The Morgan fingerprint density at radius 1 is 1.32 bits per heavy atom. The van der Waals surface area contributed by atoms with Gasteiger partial charge in [0.2, 0.25) is 5.91 Å². The van der Waals surface area contributed by atoms with Gasteiger partial charge in [-0.3, -0.25) is 4.79 Å². The summed E-state index contributed by atoms with van der Waals surface area (Å²) < 4.78 is 0. The highest BCUT2D eigenvalue weighted by atomic mass is 16.1. The molecule has 0 aromatic heterocycles. The van der Waals surface area contributed by atoms with Gasteiger partial charge in [0.15, 0.2) is 0 Å². The summed E-state index contributed by atoms with van der Waals surface area (Å²) in [6.45, 7) is 5.00. The fourth-order valence-corrected chi connectivity index (χ4v) is 2.80. The van der Waals surface area contributed by atoms with E-state index < -0.39 is 0 Å². The predicted molar refractivity (Wildman–Crippen MR) is 79.5 cm³/mol. The van der Waals surface area contributed by atoms with E-state index in [9.17, 15) is 4.79 Å². The number of hydrogen-bond donors (Lipinski definition) is 2. The van der Waals surface area contributed by atoms with Crippen LogP contribution in [-0.2, 0) is 17.6 Å². The first-order chi connectivity index (χ1) is 9.20. The second-order valence-electron chi connectivity index (χ2n) is 5.36. The average molecular weight is 260 g/mol. The third-order valence-electron chi connectivity index (χ3n) is 3.71. The van der Waals surface area contributed by atoms with E-state index in [1.165, 1.54) is 24.0 Å². The highest BCUT2D eigenvalue weighted by Crippen LogP contribution is 2.27. The van der Waals surface area contributed by atoms with Crippen LogP contribution < -0.4 is 10.6 Å². The smallest absolute Gasteiger partial charge is 0.225 e. The molecule has 2 rings (SSSR count). The van der Waals surface area contributed by atoms with Crippen molar-refractivity contribution in [2.75, 3.05) is 11.9 Å². The molecule has 0 bridgehead atoms. The van der Waals surface area contributed by atoms with E-state index in [2.05, 4.69) is 23.6 Å². The zero-order valence-electron chi connectivity index (χ0n) is 12.0. The summed E-state index contributed by atoms with van der Waals surface area (Å²) in [5.74, 6) is 0.104. The normalized spacial score (nSPS) is 15.7. The van der Waals surface area contributed by atoms with Gasteiger partial charge in [0, 0.05) is 18.2 Å². The molecule has 3 nitrogen and oxygen atoms in total. The summed E-state index contributed by atoms with van der Waals surface area (Å²) in [7, 11) is 0. The van der Waals surface area contributed by atoms with Crippen molar-refractivity contribution in [3.63, 3.8) is 0 Å². The molecule has 1 aliphatic rings. The molecule has 19 heavy (non-hydrogen) atoms. The molecular formula is C16H24N2O. The molecule has 1 atom stereocenters. The number of aryl methyl sites for hydroxylation is 1. The predicted octanol–water partition coefficient (Wildman–Crippen LogP) is 2.89. The molecule has 0 fully saturated rings. The maximum atomic E-state index is 12.0. The molecule has 0 aliphatic heterocycles. The summed E-state index contributed by atoms with van der Waals surface area (Å²) in [5, 5.41) is 6.34. The number of rotatable bonds is 5. The number of nitrogens with one attached hydrogen (secondary N) is 2. The number of carbonyl (C=O) groups is 1. The van der Waals surface area contributed by atoms with Crippen LogP contribution in [0.15, 0.2) is 18.2 Å². The van der Waals surface area contributed by atoms with E-state index >= 15 is 0 Å². The van der Waals surface area contributed by atoms with Crippen LogP contribution in [-0.4, -0.2) is 18.5 Å². The molecule has 1 aromatic rings. The summed E-state index contributed by atoms with van der Waals surface area (Å²) in [5.41, 5.74) is 3.77. The van der Waals surface area contributed by atoms with Crippen molar-refractivity contribution in [3.8, 4) is 0 Å². The number of amides is 1. The lowest BCUT2D eigenvalue weighted by Gasteiger charge is -2.20. The van der Waals surface area contributed by atoms with Crippen LogP contribution in [0.2, 0.25) is 0 Å². The molecule has 0 saturated carbocycles. The minimum atomic E-state index is 0.104. The second kappa shape index (κ2) is 6.71. The van der Waals surface area contributed by atoms with Gasteiger partial charge in [-0.25, -0.2) is 0 Å². The minimum Gasteiger partial charge on any atom is -0.326 e. The first kappa shape index (κ1) is 14.1. The third-order valence-corrected chi connectivity index (χ3v) is 3.71. The average Bonchev–Trinajstić information content (AvgIpc) is 2.39. The number of fused-ring (bicyclic) bond motifs is 1. The summed E-state index contributed by atoms with van der Waals surface area (Å²) in [6, 6.07) is 6.49. The van der Waals surface area contributed by atoms with Crippen LogP contribution in [0.25, 0.3) is 0 Å². The molecule has 3 heteroatoms. The van der Waals surface area contributed by atoms with E-state index in [0.29, 0.717) is 6.42 Å². The Balaban J connectivity index is 2.01. The van der Waals surface area contributed by atoms with E-state index in [0.717, 1.165) is 25.1 Å². The van der Waals surface area contributed by atoms with Crippen LogP contribution in [0.1, 0.15) is 44.2 Å². The Morgan fingerprint density at radius 2 is 2.11 bits per heavy atom. The van der Waals surface area contributed by atoms with Crippen LogP contribution >= 0.6 is 0 Å². The maximum absolute atomic E-state index is 12.0. The Labute approximate surface area is 115 Å². The fourth-order valence-electron chi connectivity index (χ4n) is 2.80. The minimum absolute atomic E-state index is 0.104. The van der Waals surface area contributed by atoms with E-state index in [4.69, 9.17) is 0 Å². The van der Waals surface area contributed by atoms with Crippen molar-refractivity contribution >= 4 is 11.6 Å². The first-order valence-corrected chi connectivity index (χ1v) is 7.34. The van der Waals surface area contributed by atoms with Gasteiger partial charge in [-0.15, -0.1) is 0 Å². The second-order valence-corrected chi connectivity index (χ2v) is 5.36. The largest absolute Gasteiger partial charge is 0.326 e. The van der Waals surface area contributed by atoms with E-state index in [1.807, 2.05) is 19.1 Å². The van der Waals surface area contributed by atoms with Gasteiger partial charge < -0.3 is 10.6 Å². The summed E-state index contributed by atoms with van der Waals surface area (Å²) in [6.07, 6.45) is 5.26. The van der Waals surface area contributed by atoms with E-state index in [1.54, 1.807) is 0 Å². The molecule has 1 unspecified atom stereocenters. The number of carbonyl (C=O) groups excluding carboxylic acids is 1. The zero-order chi connectivity index (χ0) is 13.7. The molecule has 0 spiro atoms. The number of anilines is 1. The molecular weight excluding hydrogens is 236 g/mol. The van der Waals surface area contributed by atoms with Gasteiger partial charge in [0.1, 0.15) is 0 Å². The van der Waals surface area contributed by atoms with Gasteiger partial charge in [-0.2, -0.15) is 0 Å². The summed E-state index contributed by atoms with van der Waals surface area (Å²) >= 11 is 0. The number of hydrogen-bond acceptors (Lipinski definition) is 2. The van der Waals surface area contributed by atoms with Crippen molar-refractivity contribution in [3.05, 3.63) is 29.3 Å². The van der Waals surface area contributed by atoms with Gasteiger partial charge in [-0.05, 0) is 56.3 Å². The Bertz CT molecular complexity index is 442. The summed E-state index contributed by atoms with van der Waals surface area (Å²) in [4.78, 5) is 12.0.